The number of carbonyl (C=O) groups is 1. The zero-order chi connectivity index (χ0) is 8.43. The highest BCUT2D eigenvalue weighted by Crippen LogP contribution is 2.15. The van der Waals surface area contributed by atoms with Crippen molar-refractivity contribution in [3.05, 3.63) is 27.5 Å². The van der Waals surface area contributed by atoms with Gasteiger partial charge in [-0.1, -0.05) is 11.6 Å². The number of Topliss-reactive ketones (excluding diaryl/α,β-unsaturated/α-hetero) is 1. The summed E-state index contributed by atoms with van der Waals surface area (Å²) in [6.45, 7) is 1.45. The van der Waals surface area contributed by atoms with E-state index in [1.807, 2.05) is 0 Å². The smallest absolute Gasteiger partial charge is 0.178 e. The summed E-state index contributed by atoms with van der Waals surface area (Å²) in [5, 5.41) is 0.511. The molecular formula is C7H5BrClNO. The van der Waals surface area contributed by atoms with Gasteiger partial charge in [0.2, 0.25) is 0 Å². The minimum atomic E-state index is -0.0896. The standard InChI is InChI=1S/C7H5BrClNO/c1-4(11)6-2-5(9)3-7(8)10-6/h2-3H,1H3. The first-order chi connectivity index (χ1) is 5.09. The number of hydrogen-bond acceptors (Lipinski definition) is 2. The van der Waals surface area contributed by atoms with Gasteiger partial charge in [0.25, 0.3) is 0 Å². The van der Waals surface area contributed by atoms with E-state index >= 15 is 0 Å². The van der Waals surface area contributed by atoms with Crippen LogP contribution in [-0.4, -0.2) is 10.8 Å². The van der Waals surface area contributed by atoms with Crippen molar-refractivity contribution in [3.8, 4) is 0 Å². The van der Waals surface area contributed by atoms with Gasteiger partial charge >= 0.3 is 0 Å². The molecule has 1 aromatic rings. The molecule has 0 aliphatic rings. The average molecular weight is 234 g/mol. The van der Waals surface area contributed by atoms with Crippen molar-refractivity contribution in [3.63, 3.8) is 0 Å². The number of ketones is 1. The lowest BCUT2D eigenvalue weighted by molar-refractivity contribution is 0.101. The Kier molecular flexibility index (Phi) is 2.62. The summed E-state index contributed by atoms with van der Waals surface area (Å²) in [7, 11) is 0. The molecule has 0 fully saturated rings. The van der Waals surface area contributed by atoms with Crippen LogP contribution in [-0.2, 0) is 0 Å². The van der Waals surface area contributed by atoms with E-state index < -0.39 is 0 Å². The van der Waals surface area contributed by atoms with E-state index in [0.717, 1.165) is 0 Å². The number of rotatable bonds is 1. The number of hydrogen-bond donors (Lipinski definition) is 0. The summed E-state index contributed by atoms with van der Waals surface area (Å²) in [5.74, 6) is -0.0896. The Labute approximate surface area is 77.7 Å². The van der Waals surface area contributed by atoms with Gasteiger partial charge in [0.1, 0.15) is 10.3 Å². The molecule has 0 bridgehead atoms. The van der Waals surface area contributed by atoms with Gasteiger partial charge in [0.05, 0.1) is 0 Å². The monoisotopic (exact) mass is 233 g/mol. The number of aromatic nitrogens is 1. The predicted molar refractivity (Wildman–Crippen MR) is 47.0 cm³/mol. The quantitative estimate of drug-likeness (QED) is 0.552. The van der Waals surface area contributed by atoms with Crippen molar-refractivity contribution in [2.75, 3.05) is 0 Å². The van der Waals surface area contributed by atoms with E-state index in [-0.39, 0.29) is 5.78 Å². The maximum Gasteiger partial charge on any atom is 0.178 e. The van der Waals surface area contributed by atoms with Crippen LogP contribution >= 0.6 is 27.5 Å². The van der Waals surface area contributed by atoms with Crippen LogP contribution in [0.2, 0.25) is 5.02 Å². The molecule has 0 saturated heterocycles. The van der Waals surface area contributed by atoms with Crippen molar-refractivity contribution in [1.29, 1.82) is 0 Å². The fourth-order valence-electron chi connectivity index (χ4n) is 0.646. The van der Waals surface area contributed by atoms with Crippen LogP contribution in [0.25, 0.3) is 0 Å². The molecule has 0 amide bonds. The number of nitrogens with zero attached hydrogens (tertiary/aromatic N) is 1. The van der Waals surface area contributed by atoms with Crippen LogP contribution in [0.4, 0.5) is 0 Å². The van der Waals surface area contributed by atoms with Gasteiger partial charge in [-0.05, 0) is 28.1 Å². The second-order valence-electron chi connectivity index (χ2n) is 2.05. The molecule has 2 nitrogen and oxygen atoms in total. The van der Waals surface area contributed by atoms with Crippen LogP contribution in [0.1, 0.15) is 17.4 Å². The summed E-state index contributed by atoms with van der Waals surface area (Å²) in [5.41, 5.74) is 0.379. The van der Waals surface area contributed by atoms with Crippen LogP contribution in [0.3, 0.4) is 0 Å². The van der Waals surface area contributed by atoms with Gasteiger partial charge in [-0.15, -0.1) is 0 Å². The molecule has 0 saturated carbocycles. The van der Waals surface area contributed by atoms with Crippen molar-refractivity contribution in [1.82, 2.24) is 4.98 Å². The molecule has 0 aliphatic heterocycles. The molecule has 1 heterocycles. The first-order valence-corrected chi connectivity index (χ1v) is 4.10. The molecule has 0 spiro atoms. The molecule has 0 unspecified atom stereocenters. The molecule has 11 heavy (non-hydrogen) atoms. The van der Waals surface area contributed by atoms with E-state index in [1.54, 1.807) is 6.07 Å². The third-order valence-corrected chi connectivity index (χ3v) is 1.74. The average Bonchev–Trinajstić information content (AvgIpc) is 1.85. The van der Waals surface area contributed by atoms with Crippen molar-refractivity contribution < 1.29 is 4.79 Å². The van der Waals surface area contributed by atoms with Crippen LogP contribution in [0.15, 0.2) is 16.7 Å². The van der Waals surface area contributed by atoms with Gasteiger partial charge in [-0.2, -0.15) is 0 Å². The summed E-state index contributed by atoms with van der Waals surface area (Å²) in [6.07, 6.45) is 0. The Bertz CT molecular complexity index is 280. The first-order valence-electron chi connectivity index (χ1n) is 2.93. The molecular weight excluding hydrogens is 229 g/mol. The summed E-state index contributed by atoms with van der Waals surface area (Å²) >= 11 is 8.81. The fraction of sp³-hybridized carbons (Fsp3) is 0.143. The Morgan fingerprint density at radius 3 is 2.73 bits per heavy atom. The topological polar surface area (TPSA) is 30.0 Å². The third kappa shape index (κ3) is 2.27. The molecule has 0 aliphatic carbocycles. The normalized spacial score (nSPS) is 9.73. The lowest BCUT2D eigenvalue weighted by Gasteiger charge is -1.96. The van der Waals surface area contributed by atoms with Crippen molar-refractivity contribution in [2.45, 2.75) is 6.92 Å². The van der Waals surface area contributed by atoms with Gasteiger partial charge in [-0.25, -0.2) is 4.98 Å². The lowest BCUT2D eigenvalue weighted by Crippen LogP contribution is -1.96. The highest BCUT2D eigenvalue weighted by Gasteiger charge is 2.02. The van der Waals surface area contributed by atoms with Crippen LogP contribution in [0, 0.1) is 0 Å². The Morgan fingerprint density at radius 2 is 2.27 bits per heavy atom. The summed E-state index contributed by atoms with van der Waals surface area (Å²) in [6, 6.07) is 3.17. The molecule has 58 valence electrons. The summed E-state index contributed by atoms with van der Waals surface area (Å²) in [4.78, 5) is 14.7. The van der Waals surface area contributed by atoms with E-state index in [1.165, 1.54) is 13.0 Å². The second-order valence-corrected chi connectivity index (χ2v) is 3.30. The SMILES string of the molecule is CC(=O)c1cc(Cl)cc(Br)n1. The van der Waals surface area contributed by atoms with Crippen LogP contribution in [0.5, 0.6) is 0 Å². The molecule has 1 aromatic heterocycles. The molecule has 0 aromatic carbocycles. The maximum absolute atomic E-state index is 10.8. The number of carbonyl (C=O) groups excluding carboxylic acids is 1. The highest BCUT2D eigenvalue weighted by atomic mass is 79.9. The molecule has 0 atom stereocenters. The zero-order valence-electron chi connectivity index (χ0n) is 5.77. The van der Waals surface area contributed by atoms with E-state index in [4.69, 9.17) is 11.6 Å². The fourth-order valence-corrected chi connectivity index (χ4v) is 1.42. The van der Waals surface area contributed by atoms with E-state index in [2.05, 4.69) is 20.9 Å². The minimum absolute atomic E-state index is 0.0896. The number of pyridine rings is 1. The van der Waals surface area contributed by atoms with Crippen molar-refractivity contribution in [2.24, 2.45) is 0 Å². The molecule has 4 heteroatoms. The largest absolute Gasteiger partial charge is 0.293 e. The highest BCUT2D eigenvalue weighted by molar-refractivity contribution is 9.10. The molecule has 0 N–H and O–H groups in total. The Hall–Kier alpha value is -0.410. The van der Waals surface area contributed by atoms with Gasteiger partial charge in [-0.3, -0.25) is 4.79 Å². The first kappa shape index (κ1) is 8.68. The van der Waals surface area contributed by atoms with E-state index in [0.29, 0.717) is 15.3 Å². The molecule has 1 rings (SSSR count). The lowest BCUT2D eigenvalue weighted by atomic mass is 10.3. The van der Waals surface area contributed by atoms with Crippen molar-refractivity contribution >= 4 is 33.3 Å². The number of halogens is 2. The Balaban J connectivity index is 3.19. The summed E-state index contributed by atoms with van der Waals surface area (Å²) < 4.78 is 0.579. The van der Waals surface area contributed by atoms with Crippen LogP contribution < -0.4 is 0 Å². The van der Waals surface area contributed by atoms with Gasteiger partial charge in [0.15, 0.2) is 5.78 Å². The molecule has 0 radical (unpaired) electrons. The maximum atomic E-state index is 10.8. The second kappa shape index (κ2) is 3.32. The van der Waals surface area contributed by atoms with Gasteiger partial charge < -0.3 is 0 Å². The third-order valence-electron chi connectivity index (χ3n) is 1.12. The minimum Gasteiger partial charge on any atom is -0.293 e. The van der Waals surface area contributed by atoms with Gasteiger partial charge in [0, 0.05) is 11.9 Å². The zero-order valence-corrected chi connectivity index (χ0v) is 8.11. The Morgan fingerprint density at radius 1 is 1.64 bits per heavy atom. The van der Waals surface area contributed by atoms with E-state index in [9.17, 15) is 4.79 Å². The predicted octanol–water partition coefficient (Wildman–Crippen LogP) is 2.70.